The van der Waals surface area contributed by atoms with Crippen LogP contribution in [-0.2, 0) is 27.2 Å². The zero-order valence-electron chi connectivity index (χ0n) is 11.7. The highest BCUT2D eigenvalue weighted by molar-refractivity contribution is 5.71. The molecule has 2 rings (SSSR count). The largest absolute Gasteiger partial charge is 0.332 e. The Bertz CT molecular complexity index is 722. The first kappa shape index (κ1) is 13.5. The number of aromatic nitrogens is 4. The van der Waals surface area contributed by atoms with Gasteiger partial charge in [-0.3, -0.25) is 13.9 Å². The summed E-state index contributed by atoms with van der Waals surface area (Å²) in [5.41, 5.74) is 0.305. The molecule has 0 aliphatic carbocycles. The van der Waals surface area contributed by atoms with E-state index in [4.69, 9.17) is 0 Å². The average molecular weight is 265 g/mol. The van der Waals surface area contributed by atoms with Crippen LogP contribution in [0.2, 0.25) is 0 Å². The third-order valence-electron chi connectivity index (χ3n) is 3.21. The maximum atomic E-state index is 12.3. The highest BCUT2D eigenvalue weighted by Crippen LogP contribution is 2.11. The zero-order valence-corrected chi connectivity index (χ0v) is 11.7. The molecule has 7 nitrogen and oxygen atoms in total. The maximum Gasteiger partial charge on any atom is 0.332 e. The second-order valence-corrected chi connectivity index (χ2v) is 4.59. The predicted octanol–water partition coefficient (Wildman–Crippen LogP) is -0.437. The molecule has 0 spiro atoms. The van der Waals surface area contributed by atoms with E-state index in [-0.39, 0.29) is 11.2 Å². The number of hydrogen-bond donors (Lipinski definition) is 1. The SMILES string of the molecule is CCCn1c(CNC)nc2c1c(=O)n(C)c(=O)n2C. The molecule has 2 aromatic heterocycles. The van der Waals surface area contributed by atoms with E-state index in [1.165, 1.54) is 11.6 Å². The first-order valence-corrected chi connectivity index (χ1v) is 6.32. The minimum atomic E-state index is -0.352. The Labute approximate surface area is 110 Å². The standard InChI is InChI=1S/C12H19N5O2/c1-5-6-17-8(7-13-2)14-10-9(17)11(18)16(4)12(19)15(10)3/h13H,5-7H2,1-4H3. The van der Waals surface area contributed by atoms with E-state index in [0.717, 1.165) is 16.8 Å². The second-order valence-electron chi connectivity index (χ2n) is 4.59. The van der Waals surface area contributed by atoms with Gasteiger partial charge in [-0.25, -0.2) is 9.78 Å². The number of hydrogen-bond acceptors (Lipinski definition) is 4. The molecule has 2 heterocycles. The van der Waals surface area contributed by atoms with Crippen LogP contribution in [0.15, 0.2) is 9.59 Å². The van der Waals surface area contributed by atoms with Gasteiger partial charge in [0.05, 0.1) is 6.54 Å². The van der Waals surface area contributed by atoms with Crippen LogP contribution in [0.3, 0.4) is 0 Å². The van der Waals surface area contributed by atoms with Crippen LogP contribution in [0, 0.1) is 0 Å². The lowest BCUT2D eigenvalue weighted by Crippen LogP contribution is -2.37. The van der Waals surface area contributed by atoms with Crippen LogP contribution in [0.25, 0.3) is 11.2 Å². The molecule has 0 aliphatic rings. The summed E-state index contributed by atoms with van der Waals surface area (Å²) in [4.78, 5) is 28.6. The predicted molar refractivity (Wildman–Crippen MR) is 73.3 cm³/mol. The average Bonchev–Trinajstić information content (AvgIpc) is 2.74. The normalized spacial score (nSPS) is 11.4. The van der Waals surface area contributed by atoms with Gasteiger partial charge in [-0.05, 0) is 13.5 Å². The number of imidazole rings is 1. The Balaban J connectivity index is 2.92. The number of aryl methyl sites for hydroxylation is 2. The Morgan fingerprint density at radius 3 is 2.47 bits per heavy atom. The lowest BCUT2D eigenvalue weighted by atomic mass is 10.4. The molecule has 0 fully saturated rings. The van der Waals surface area contributed by atoms with E-state index < -0.39 is 0 Å². The molecule has 0 radical (unpaired) electrons. The van der Waals surface area contributed by atoms with E-state index in [1.807, 2.05) is 18.5 Å². The molecule has 0 amide bonds. The molecule has 0 aliphatic heterocycles. The molecule has 0 aromatic carbocycles. The maximum absolute atomic E-state index is 12.3. The van der Waals surface area contributed by atoms with E-state index >= 15 is 0 Å². The Morgan fingerprint density at radius 2 is 1.89 bits per heavy atom. The number of nitrogens with zero attached hydrogens (tertiary/aromatic N) is 4. The summed E-state index contributed by atoms with van der Waals surface area (Å²) in [6.45, 7) is 3.31. The molecule has 19 heavy (non-hydrogen) atoms. The summed E-state index contributed by atoms with van der Waals surface area (Å²) in [5.74, 6) is 0.776. The fourth-order valence-electron chi connectivity index (χ4n) is 2.25. The smallest absolute Gasteiger partial charge is 0.321 e. The van der Waals surface area contributed by atoms with Gasteiger partial charge < -0.3 is 9.88 Å². The lowest BCUT2D eigenvalue weighted by Gasteiger charge is -2.07. The van der Waals surface area contributed by atoms with Crippen LogP contribution in [-0.4, -0.2) is 25.7 Å². The quantitative estimate of drug-likeness (QED) is 0.813. The summed E-state index contributed by atoms with van der Waals surface area (Å²) in [7, 11) is 4.95. The van der Waals surface area contributed by atoms with E-state index in [0.29, 0.717) is 24.3 Å². The van der Waals surface area contributed by atoms with Crippen molar-refractivity contribution in [2.75, 3.05) is 7.05 Å². The molecular formula is C12H19N5O2. The van der Waals surface area contributed by atoms with Gasteiger partial charge in [-0.1, -0.05) is 6.92 Å². The molecule has 0 saturated carbocycles. The van der Waals surface area contributed by atoms with Crippen LogP contribution >= 0.6 is 0 Å². The number of fused-ring (bicyclic) bond motifs is 1. The van der Waals surface area contributed by atoms with Gasteiger partial charge in [0.1, 0.15) is 5.82 Å². The molecule has 0 saturated heterocycles. The fraction of sp³-hybridized carbons (Fsp3) is 0.583. The van der Waals surface area contributed by atoms with Crippen LogP contribution in [0.1, 0.15) is 19.2 Å². The highest BCUT2D eigenvalue weighted by atomic mass is 16.2. The van der Waals surface area contributed by atoms with Crippen molar-refractivity contribution >= 4 is 11.2 Å². The molecule has 7 heteroatoms. The van der Waals surface area contributed by atoms with Gasteiger partial charge in [-0.2, -0.15) is 0 Å². The molecule has 0 bridgehead atoms. The minimum absolute atomic E-state index is 0.290. The zero-order chi connectivity index (χ0) is 14.2. The minimum Gasteiger partial charge on any atom is -0.321 e. The van der Waals surface area contributed by atoms with Gasteiger partial charge in [-0.15, -0.1) is 0 Å². The second kappa shape index (κ2) is 5.00. The van der Waals surface area contributed by atoms with E-state index in [2.05, 4.69) is 10.3 Å². The fourth-order valence-corrected chi connectivity index (χ4v) is 2.25. The van der Waals surface area contributed by atoms with Gasteiger partial charge in [0.15, 0.2) is 11.2 Å². The topological polar surface area (TPSA) is 73.8 Å². The molecule has 1 N–H and O–H groups in total. The van der Waals surface area contributed by atoms with Crippen molar-refractivity contribution in [3.63, 3.8) is 0 Å². The van der Waals surface area contributed by atoms with Gasteiger partial charge >= 0.3 is 5.69 Å². The molecule has 2 aromatic rings. The molecule has 104 valence electrons. The molecule has 0 unspecified atom stereocenters. The Hall–Kier alpha value is -1.89. The van der Waals surface area contributed by atoms with Crippen molar-refractivity contribution in [1.29, 1.82) is 0 Å². The van der Waals surface area contributed by atoms with Gasteiger partial charge in [0.25, 0.3) is 5.56 Å². The Morgan fingerprint density at radius 1 is 1.21 bits per heavy atom. The van der Waals surface area contributed by atoms with Crippen LogP contribution in [0.5, 0.6) is 0 Å². The summed E-state index contributed by atoms with van der Waals surface area (Å²) in [5, 5.41) is 3.03. The van der Waals surface area contributed by atoms with Crippen molar-refractivity contribution in [2.45, 2.75) is 26.4 Å². The first-order chi connectivity index (χ1) is 9.02. The van der Waals surface area contributed by atoms with Gasteiger partial charge in [0, 0.05) is 20.6 Å². The first-order valence-electron chi connectivity index (χ1n) is 6.32. The Kier molecular flexibility index (Phi) is 3.57. The third-order valence-corrected chi connectivity index (χ3v) is 3.21. The monoisotopic (exact) mass is 265 g/mol. The van der Waals surface area contributed by atoms with E-state index in [1.54, 1.807) is 7.05 Å². The van der Waals surface area contributed by atoms with Crippen LogP contribution < -0.4 is 16.6 Å². The lowest BCUT2D eigenvalue weighted by molar-refractivity contribution is 0.625. The summed E-state index contributed by atoms with van der Waals surface area (Å²) in [6.07, 6.45) is 0.897. The summed E-state index contributed by atoms with van der Waals surface area (Å²) in [6, 6.07) is 0. The van der Waals surface area contributed by atoms with Crippen molar-refractivity contribution in [3.05, 3.63) is 26.7 Å². The number of nitrogens with one attached hydrogen (secondary N) is 1. The summed E-state index contributed by atoms with van der Waals surface area (Å²) >= 11 is 0. The molecular weight excluding hydrogens is 246 g/mol. The van der Waals surface area contributed by atoms with Crippen molar-refractivity contribution in [3.8, 4) is 0 Å². The highest BCUT2D eigenvalue weighted by Gasteiger charge is 2.17. The van der Waals surface area contributed by atoms with Crippen LogP contribution in [0.4, 0.5) is 0 Å². The van der Waals surface area contributed by atoms with Crippen molar-refractivity contribution < 1.29 is 0 Å². The van der Waals surface area contributed by atoms with E-state index in [9.17, 15) is 9.59 Å². The summed E-state index contributed by atoms with van der Waals surface area (Å²) < 4.78 is 4.44. The third kappa shape index (κ3) is 1.99. The van der Waals surface area contributed by atoms with Gasteiger partial charge in [0.2, 0.25) is 0 Å². The van der Waals surface area contributed by atoms with Crippen molar-refractivity contribution in [2.24, 2.45) is 14.1 Å². The molecule has 0 atom stereocenters. The van der Waals surface area contributed by atoms with Crippen molar-refractivity contribution in [1.82, 2.24) is 24.0 Å². The number of rotatable bonds is 4.